The van der Waals surface area contributed by atoms with E-state index < -0.39 is 6.23 Å². The number of halogens is 1. The minimum atomic E-state index is -0.480. The Morgan fingerprint density at radius 3 is 2.86 bits per heavy atom. The van der Waals surface area contributed by atoms with Gasteiger partial charge in [0.25, 0.3) is 0 Å². The van der Waals surface area contributed by atoms with Crippen LogP contribution in [-0.2, 0) is 0 Å². The number of hydrogen-bond donors (Lipinski definition) is 1. The molecule has 1 aromatic heterocycles. The average Bonchev–Trinajstić information content (AvgIpc) is 2.88. The van der Waals surface area contributed by atoms with E-state index in [1.165, 1.54) is 0 Å². The molecule has 3 aromatic rings. The van der Waals surface area contributed by atoms with E-state index in [9.17, 15) is 0 Å². The van der Waals surface area contributed by atoms with Crippen LogP contribution in [0.15, 0.2) is 47.6 Å². The highest BCUT2D eigenvalue weighted by atomic mass is 35.5. The molecule has 0 fully saturated rings. The van der Waals surface area contributed by atoms with E-state index in [2.05, 4.69) is 27.4 Å². The molecule has 28 heavy (non-hydrogen) atoms. The zero-order valence-corrected chi connectivity index (χ0v) is 17.0. The maximum atomic E-state index is 6.32. The van der Waals surface area contributed by atoms with Crippen molar-refractivity contribution in [1.82, 2.24) is 15.2 Å². The fourth-order valence-corrected chi connectivity index (χ4v) is 3.80. The summed E-state index contributed by atoms with van der Waals surface area (Å²) in [6.07, 6.45) is 0.551. The van der Waals surface area contributed by atoms with Crippen molar-refractivity contribution in [3.05, 3.63) is 53.1 Å². The van der Waals surface area contributed by atoms with Gasteiger partial charge in [0.2, 0.25) is 11.0 Å². The Bertz CT molecular complexity index is 1000. The normalized spacial score (nSPS) is 14.9. The number of methoxy groups -OCH3 is 1. The molecule has 0 spiro atoms. The summed E-state index contributed by atoms with van der Waals surface area (Å²) in [5, 5.41) is 13.2. The maximum absolute atomic E-state index is 6.32. The van der Waals surface area contributed by atoms with Crippen LogP contribution in [0.25, 0.3) is 11.3 Å². The van der Waals surface area contributed by atoms with Gasteiger partial charge in [0.15, 0.2) is 11.9 Å². The van der Waals surface area contributed by atoms with Gasteiger partial charge in [-0.25, -0.2) is 0 Å². The molecule has 4 rings (SSSR count). The third kappa shape index (κ3) is 3.72. The third-order valence-corrected chi connectivity index (χ3v) is 5.59. The maximum Gasteiger partial charge on any atom is 0.247 e. The molecule has 1 atom stereocenters. The zero-order valence-electron chi connectivity index (χ0n) is 15.5. The Morgan fingerprint density at radius 2 is 2.07 bits per heavy atom. The SMILES string of the molecule is CCCSc1nnc2c(n1)OC(c1ccc(OC)c(Cl)c1)Nc1ccccc1-2. The van der Waals surface area contributed by atoms with Gasteiger partial charge in [-0.2, -0.15) is 4.98 Å². The van der Waals surface area contributed by atoms with Crippen LogP contribution in [0.4, 0.5) is 5.69 Å². The van der Waals surface area contributed by atoms with Gasteiger partial charge in [-0.3, -0.25) is 0 Å². The molecule has 0 saturated heterocycles. The second kappa shape index (κ2) is 8.24. The molecule has 0 bridgehead atoms. The highest BCUT2D eigenvalue weighted by Crippen LogP contribution is 2.40. The third-order valence-electron chi connectivity index (χ3n) is 4.25. The highest BCUT2D eigenvalue weighted by molar-refractivity contribution is 7.99. The molecule has 6 nitrogen and oxygen atoms in total. The minimum absolute atomic E-state index is 0.447. The Labute approximate surface area is 172 Å². The number of rotatable bonds is 5. The monoisotopic (exact) mass is 414 g/mol. The van der Waals surface area contributed by atoms with E-state index in [1.807, 2.05) is 42.5 Å². The number of hydrogen-bond acceptors (Lipinski definition) is 7. The lowest BCUT2D eigenvalue weighted by molar-refractivity contribution is 0.225. The van der Waals surface area contributed by atoms with Crippen LogP contribution in [0.3, 0.4) is 0 Å². The Balaban J connectivity index is 1.77. The summed E-state index contributed by atoms with van der Waals surface area (Å²) in [4.78, 5) is 4.61. The van der Waals surface area contributed by atoms with Crippen LogP contribution < -0.4 is 14.8 Å². The number of nitrogens with one attached hydrogen (secondary N) is 1. The smallest absolute Gasteiger partial charge is 0.247 e. The molecular formula is C20H19ClN4O2S. The van der Waals surface area contributed by atoms with Crippen LogP contribution in [0.2, 0.25) is 5.02 Å². The van der Waals surface area contributed by atoms with Gasteiger partial charge in [-0.05, 0) is 30.7 Å². The van der Waals surface area contributed by atoms with Gasteiger partial charge in [0.05, 0.1) is 12.1 Å². The number of benzene rings is 2. The van der Waals surface area contributed by atoms with Crippen molar-refractivity contribution in [3.8, 4) is 22.9 Å². The number of aromatic nitrogens is 3. The van der Waals surface area contributed by atoms with Gasteiger partial charge in [-0.15, -0.1) is 10.2 Å². The van der Waals surface area contributed by atoms with Crippen LogP contribution in [-0.4, -0.2) is 28.0 Å². The fraction of sp³-hybridized carbons (Fsp3) is 0.250. The Hall–Kier alpha value is -2.51. The van der Waals surface area contributed by atoms with Crippen molar-refractivity contribution in [2.24, 2.45) is 0 Å². The number of thioether (sulfide) groups is 1. The average molecular weight is 415 g/mol. The number of para-hydroxylation sites is 1. The van der Waals surface area contributed by atoms with E-state index in [0.29, 0.717) is 27.5 Å². The molecule has 1 aliphatic heterocycles. The Morgan fingerprint density at radius 1 is 1.21 bits per heavy atom. The molecule has 2 heterocycles. The summed E-state index contributed by atoms with van der Waals surface area (Å²) < 4.78 is 11.5. The summed E-state index contributed by atoms with van der Waals surface area (Å²) in [5.41, 5.74) is 3.26. The first-order valence-electron chi connectivity index (χ1n) is 8.93. The van der Waals surface area contributed by atoms with E-state index in [0.717, 1.165) is 29.0 Å². The standard InChI is InChI=1S/C20H19ClN4O2S/c1-3-10-28-20-23-19-17(24-25-20)13-6-4-5-7-15(13)22-18(27-19)12-8-9-16(26-2)14(21)11-12/h4-9,11,18,22H,3,10H2,1-2H3. The lowest BCUT2D eigenvalue weighted by atomic mass is 10.1. The van der Waals surface area contributed by atoms with Crippen molar-refractivity contribution >= 4 is 29.1 Å². The number of anilines is 1. The molecule has 8 heteroatoms. The summed E-state index contributed by atoms with van der Waals surface area (Å²) in [5.74, 6) is 1.98. The van der Waals surface area contributed by atoms with Crippen molar-refractivity contribution in [1.29, 1.82) is 0 Å². The number of nitrogens with zero attached hydrogens (tertiary/aromatic N) is 3. The largest absolute Gasteiger partial charge is 0.495 e. The zero-order chi connectivity index (χ0) is 19.5. The molecular weight excluding hydrogens is 396 g/mol. The first-order chi connectivity index (χ1) is 13.7. The highest BCUT2D eigenvalue weighted by Gasteiger charge is 2.26. The molecule has 2 aromatic carbocycles. The number of fused-ring (bicyclic) bond motifs is 3. The second-order valence-electron chi connectivity index (χ2n) is 6.18. The molecule has 0 amide bonds. The van der Waals surface area contributed by atoms with E-state index >= 15 is 0 Å². The topological polar surface area (TPSA) is 69.2 Å². The lowest BCUT2D eigenvalue weighted by Gasteiger charge is -2.20. The molecule has 0 aliphatic carbocycles. The van der Waals surface area contributed by atoms with E-state index in [4.69, 9.17) is 21.1 Å². The van der Waals surface area contributed by atoms with E-state index in [1.54, 1.807) is 18.9 Å². The van der Waals surface area contributed by atoms with Crippen LogP contribution in [0.1, 0.15) is 25.1 Å². The summed E-state index contributed by atoms with van der Waals surface area (Å²) in [6.45, 7) is 2.12. The first-order valence-corrected chi connectivity index (χ1v) is 10.3. The fourth-order valence-electron chi connectivity index (χ4n) is 2.90. The van der Waals surface area contributed by atoms with Crippen molar-refractivity contribution in [3.63, 3.8) is 0 Å². The molecule has 0 radical (unpaired) electrons. The number of ether oxygens (including phenoxy) is 2. The van der Waals surface area contributed by atoms with Crippen molar-refractivity contribution < 1.29 is 9.47 Å². The van der Waals surface area contributed by atoms with E-state index in [-0.39, 0.29) is 0 Å². The molecule has 1 N–H and O–H groups in total. The van der Waals surface area contributed by atoms with Gasteiger partial charge in [0, 0.05) is 22.6 Å². The van der Waals surface area contributed by atoms with Gasteiger partial charge >= 0.3 is 0 Å². The predicted molar refractivity (Wildman–Crippen MR) is 111 cm³/mol. The summed E-state index contributed by atoms with van der Waals surface area (Å²) in [7, 11) is 1.59. The summed E-state index contributed by atoms with van der Waals surface area (Å²) >= 11 is 7.89. The Kier molecular flexibility index (Phi) is 5.54. The molecule has 1 aliphatic rings. The minimum Gasteiger partial charge on any atom is -0.495 e. The summed E-state index contributed by atoms with van der Waals surface area (Å²) in [6, 6.07) is 13.4. The van der Waals surface area contributed by atoms with Crippen molar-refractivity contribution in [2.45, 2.75) is 24.7 Å². The quantitative estimate of drug-likeness (QED) is 0.575. The first kappa shape index (κ1) is 18.8. The van der Waals surface area contributed by atoms with Crippen molar-refractivity contribution in [2.75, 3.05) is 18.2 Å². The lowest BCUT2D eigenvalue weighted by Crippen LogP contribution is -2.17. The van der Waals surface area contributed by atoms with Crippen LogP contribution >= 0.6 is 23.4 Å². The second-order valence-corrected chi connectivity index (χ2v) is 7.65. The van der Waals surface area contributed by atoms with Gasteiger partial charge < -0.3 is 14.8 Å². The predicted octanol–water partition coefficient (Wildman–Crippen LogP) is 5.21. The van der Waals surface area contributed by atoms with Crippen LogP contribution in [0.5, 0.6) is 11.6 Å². The van der Waals surface area contributed by atoms with Gasteiger partial charge in [-0.1, -0.05) is 48.5 Å². The molecule has 144 valence electrons. The molecule has 1 unspecified atom stereocenters. The molecule has 0 saturated carbocycles. The van der Waals surface area contributed by atoms with Crippen LogP contribution in [0, 0.1) is 0 Å². The van der Waals surface area contributed by atoms with Gasteiger partial charge in [0.1, 0.15) is 5.75 Å².